The number of nitrogen functional groups attached to an aromatic ring is 1. The molecule has 0 saturated heterocycles. The van der Waals surface area contributed by atoms with E-state index >= 15 is 0 Å². The summed E-state index contributed by atoms with van der Waals surface area (Å²) in [6.45, 7) is 3.95. The van der Waals surface area contributed by atoms with E-state index in [-0.39, 0.29) is 0 Å². The Morgan fingerprint density at radius 1 is 1.33 bits per heavy atom. The van der Waals surface area contributed by atoms with Crippen LogP contribution in [0.2, 0.25) is 0 Å². The molecule has 0 aliphatic rings. The number of halogens is 1. The average Bonchev–Trinajstić information content (AvgIpc) is 2.49. The number of rotatable bonds is 1. The van der Waals surface area contributed by atoms with Crippen molar-refractivity contribution in [1.29, 1.82) is 0 Å². The molecule has 5 heteroatoms. The van der Waals surface area contributed by atoms with Gasteiger partial charge in [-0.25, -0.2) is 9.97 Å². The van der Waals surface area contributed by atoms with Crippen LogP contribution in [0, 0.1) is 13.8 Å². The normalized spacial score (nSPS) is 10.6. The molecule has 0 atom stereocenters. The largest absolute Gasteiger partial charge is 0.396 e. The molecule has 0 aliphatic carbocycles. The van der Waals surface area contributed by atoms with Gasteiger partial charge in [-0.1, -0.05) is 0 Å². The van der Waals surface area contributed by atoms with Crippen molar-refractivity contribution in [3.8, 4) is 5.82 Å². The van der Waals surface area contributed by atoms with E-state index in [1.165, 1.54) is 0 Å². The topological polar surface area (TPSA) is 56.7 Å². The minimum absolute atomic E-state index is 0.630. The molecule has 0 aromatic carbocycles. The van der Waals surface area contributed by atoms with Crippen molar-refractivity contribution >= 4 is 21.6 Å². The second-order valence-electron chi connectivity index (χ2n) is 3.35. The lowest BCUT2D eigenvalue weighted by Crippen LogP contribution is -2.03. The molecule has 0 amide bonds. The van der Waals surface area contributed by atoms with Crippen molar-refractivity contribution in [1.82, 2.24) is 14.5 Å². The van der Waals surface area contributed by atoms with Gasteiger partial charge in [-0.2, -0.15) is 0 Å². The maximum absolute atomic E-state index is 5.89. The van der Waals surface area contributed by atoms with Crippen molar-refractivity contribution in [3.63, 3.8) is 0 Å². The van der Waals surface area contributed by atoms with Crippen molar-refractivity contribution in [2.75, 3.05) is 5.73 Å². The fourth-order valence-electron chi connectivity index (χ4n) is 1.36. The van der Waals surface area contributed by atoms with Gasteiger partial charge < -0.3 is 5.73 Å². The highest BCUT2D eigenvalue weighted by atomic mass is 79.9. The Balaban J connectivity index is 2.59. The molecule has 4 nitrogen and oxygen atoms in total. The number of nitrogens with zero attached hydrogens (tertiary/aromatic N) is 3. The summed E-state index contributed by atoms with van der Waals surface area (Å²) in [4.78, 5) is 8.49. The first kappa shape index (κ1) is 10.2. The van der Waals surface area contributed by atoms with Crippen LogP contribution in [0.15, 0.2) is 23.1 Å². The molecule has 2 N–H and O–H groups in total. The van der Waals surface area contributed by atoms with E-state index in [2.05, 4.69) is 25.9 Å². The smallest absolute Gasteiger partial charge is 0.161 e. The Morgan fingerprint density at radius 2 is 2.07 bits per heavy atom. The quantitative estimate of drug-likeness (QED) is 0.861. The zero-order chi connectivity index (χ0) is 11.0. The second-order valence-corrected chi connectivity index (χ2v) is 4.27. The number of nitrogens with two attached hydrogens (primary N) is 1. The third-order valence-electron chi connectivity index (χ3n) is 2.34. The number of pyridine rings is 1. The maximum Gasteiger partial charge on any atom is 0.161 e. The summed E-state index contributed by atoms with van der Waals surface area (Å²) in [7, 11) is 0. The monoisotopic (exact) mass is 266 g/mol. The van der Waals surface area contributed by atoms with E-state index < -0.39 is 0 Å². The lowest BCUT2D eigenvalue weighted by Gasteiger charge is -2.07. The zero-order valence-corrected chi connectivity index (χ0v) is 10.1. The van der Waals surface area contributed by atoms with Gasteiger partial charge in [0.2, 0.25) is 0 Å². The second kappa shape index (κ2) is 3.66. The Kier molecular flexibility index (Phi) is 2.48. The lowest BCUT2D eigenvalue weighted by molar-refractivity contribution is 0.952. The van der Waals surface area contributed by atoms with E-state index in [1.807, 2.05) is 24.5 Å². The molecule has 2 heterocycles. The Bertz CT molecular complexity index is 504. The number of aryl methyl sites for hydroxylation is 1. The first-order chi connectivity index (χ1) is 7.09. The van der Waals surface area contributed by atoms with E-state index in [0.717, 1.165) is 21.7 Å². The Morgan fingerprint density at radius 3 is 2.60 bits per heavy atom. The molecule has 2 rings (SSSR count). The summed E-state index contributed by atoms with van der Waals surface area (Å²) in [6, 6.07) is 1.83. The molecule has 0 bridgehead atoms. The molecular formula is C10H11BrN4. The van der Waals surface area contributed by atoms with E-state index in [0.29, 0.717) is 5.69 Å². The molecule has 0 unspecified atom stereocenters. The summed E-state index contributed by atoms with van der Waals surface area (Å²) >= 11 is 3.33. The van der Waals surface area contributed by atoms with Crippen LogP contribution in [0.3, 0.4) is 0 Å². The number of anilines is 1. The highest BCUT2D eigenvalue weighted by molar-refractivity contribution is 9.10. The third-order valence-corrected chi connectivity index (χ3v) is 2.78. The highest BCUT2D eigenvalue weighted by Gasteiger charge is 2.08. The van der Waals surface area contributed by atoms with Crippen LogP contribution in [-0.2, 0) is 0 Å². The Hall–Kier alpha value is -1.36. The zero-order valence-electron chi connectivity index (χ0n) is 8.53. The van der Waals surface area contributed by atoms with E-state index in [4.69, 9.17) is 5.73 Å². The lowest BCUT2D eigenvalue weighted by atomic mass is 10.3. The number of hydrogen-bond acceptors (Lipinski definition) is 3. The minimum Gasteiger partial charge on any atom is -0.396 e. The van der Waals surface area contributed by atoms with Crippen LogP contribution in [0.5, 0.6) is 0 Å². The summed E-state index contributed by atoms with van der Waals surface area (Å²) in [5.41, 5.74) is 8.56. The van der Waals surface area contributed by atoms with Gasteiger partial charge in [0, 0.05) is 16.4 Å². The summed E-state index contributed by atoms with van der Waals surface area (Å²) in [5.74, 6) is 0.719. The molecule has 0 fully saturated rings. The standard InChI is InChI=1S/C10H11BrN4/c1-6-7(2)15(5-14-6)10-9(12)3-8(11)4-13-10/h3-5H,12H2,1-2H3. The van der Waals surface area contributed by atoms with Crippen molar-refractivity contribution in [2.45, 2.75) is 13.8 Å². The number of imidazole rings is 1. The van der Waals surface area contributed by atoms with Gasteiger partial charge in [-0.3, -0.25) is 4.57 Å². The predicted octanol–water partition coefficient (Wildman–Crippen LogP) is 2.23. The fourth-order valence-corrected chi connectivity index (χ4v) is 1.71. The molecule has 78 valence electrons. The molecular weight excluding hydrogens is 256 g/mol. The average molecular weight is 267 g/mol. The van der Waals surface area contributed by atoms with Gasteiger partial charge in [0.1, 0.15) is 6.33 Å². The van der Waals surface area contributed by atoms with Crippen LogP contribution in [0.4, 0.5) is 5.69 Å². The van der Waals surface area contributed by atoms with E-state index in [1.54, 1.807) is 12.5 Å². The first-order valence-corrected chi connectivity index (χ1v) is 5.31. The molecule has 0 saturated carbocycles. The molecule has 2 aromatic rings. The summed E-state index contributed by atoms with van der Waals surface area (Å²) in [5, 5.41) is 0. The van der Waals surface area contributed by atoms with Gasteiger partial charge in [-0.15, -0.1) is 0 Å². The fraction of sp³-hybridized carbons (Fsp3) is 0.200. The van der Waals surface area contributed by atoms with Gasteiger partial charge in [0.15, 0.2) is 5.82 Å². The first-order valence-electron chi connectivity index (χ1n) is 4.51. The SMILES string of the molecule is Cc1ncn(-c2ncc(Br)cc2N)c1C. The summed E-state index contributed by atoms with van der Waals surface area (Å²) in [6.07, 6.45) is 3.46. The molecule has 0 spiro atoms. The van der Waals surface area contributed by atoms with Gasteiger partial charge >= 0.3 is 0 Å². The minimum atomic E-state index is 0.630. The van der Waals surface area contributed by atoms with Crippen LogP contribution in [0.1, 0.15) is 11.4 Å². The molecule has 0 aliphatic heterocycles. The molecule has 15 heavy (non-hydrogen) atoms. The predicted molar refractivity (Wildman–Crippen MR) is 62.9 cm³/mol. The molecule has 2 aromatic heterocycles. The number of hydrogen-bond donors (Lipinski definition) is 1. The van der Waals surface area contributed by atoms with Crippen LogP contribution < -0.4 is 5.73 Å². The third kappa shape index (κ3) is 1.74. The van der Waals surface area contributed by atoms with Crippen LogP contribution in [0.25, 0.3) is 5.82 Å². The van der Waals surface area contributed by atoms with E-state index in [9.17, 15) is 0 Å². The van der Waals surface area contributed by atoms with Crippen molar-refractivity contribution < 1.29 is 0 Å². The van der Waals surface area contributed by atoms with Crippen LogP contribution in [-0.4, -0.2) is 14.5 Å². The maximum atomic E-state index is 5.89. The number of aromatic nitrogens is 3. The van der Waals surface area contributed by atoms with Crippen LogP contribution >= 0.6 is 15.9 Å². The molecule has 0 radical (unpaired) electrons. The van der Waals surface area contributed by atoms with Crippen molar-refractivity contribution in [3.05, 3.63) is 34.5 Å². The van der Waals surface area contributed by atoms with Gasteiger partial charge in [0.05, 0.1) is 11.4 Å². The van der Waals surface area contributed by atoms with Gasteiger partial charge in [0.25, 0.3) is 0 Å². The highest BCUT2D eigenvalue weighted by Crippen LogP contribution is 2.21. The summed E-state index contributed by atoms with van der Waals surface area (Å²) < 4.78 is 2.76. The Labute approximate surface area is 96.3 Å². The van der Waals surface area contributed by atoms with Gasteiger partial charge in [-0.05, 0) is 35.8 Å². The van der Waals surface area contributed by atoms with Crippen molar-refractivity contribution in [2.24, 2.45) is 0 Å².